The van der Waals surface area contributed by atoms with Crippen LogP contribution < -0.4 is 26.2 Å². The molecule has 5 heterocycles. The van der Waals surface area contributed by atoms with E-state index in [9.17, 15) is 19.2 Å². The second-order valence-corrected chi connectivity index (χ2v) is 19.6. The van der Waals surface area contributed by atoms with Gasteiger partial charge in [0.05, 0.1) is 22.9 Å². The van der Waals surface area contributed by atoms with E-state index in [0.717, 1.165) is 92.9 Å². The molecule has 3 aromatic carbocycles. The standard InChI is InChI=1S/C51H56Cl2FN7O4/c1-3-35(17-13-31(2)30-60-24-19-32(20-25-60)14-15-33-9-7-10-36-38(33)28-55-29-42(36)61-26-21-43(62)58-49(61)65)56-47(63)46-44(37-11-8-12-40(53)45(37)54)51(50(59-46)22-5-4-6-23-50)39-18-16-34(52)27-41(39)57-48(51)64/h7-12,16,18,27-29,31-32,35,44,46,59H,3-6,13,17,19-26,30H2,1-2H3,(H,56,63)(H,57,64)(H,58,62,65)/t31-,35-,44+,46-,51-/m1/s1. The fraction of sp³-hybridized carbons (Fsp3) is 0.471. The van der Waals surface area contributed by atoms with Gasteiger partial charge < -0.3 is 15.5 Å². The molecule has 11 nitrogen and oxygen atoms in total. The van der Waals surface area contributed by atoms with Crippen LogP contribution in [-0.2, 0) is 19.8 Å². The maximum atomic E-state index is 16.4. The van der Waals surface area contributed by atoms with Crippen molar-refractivity contribution in [2.75, 3.05) is 36.4 Å². The molecule has 1 aromatic heterocycles. The molecule has 0 bridgehead atoms. The number of nitrogens with one attached hydrogen (secondary N) is 4. The van der Waals surface area contributed by atoms with Crippen LogP contribution in [0, 0.1) is 29.5 Å². The van der Waals surface area contributed by atoms with E-state index in [-0.39, 0.29) is 46.7 Å². The lowest BCUT2D eigenvalue weighted by Gasteiger charge is -2.47. The quantitative estimate of drug-likeness (QED) is 0.117. The summed E-state index contributed by atoms with van der Waals surface area (Å²) in [7, 11) is 0. The van der Waals surface area contributed by atoms with E-state index in [1.54, 1.807) is 41.6 Å². The Hall–Kier alpha value is -5.06. The Morgan fingerprint density at radius 3 is 2.52 bits per heavy atom. The first kappa shape index (κ1) is 45.1. The predicted octanol–water partition coefficient (Wildman–Crippen LogP) is 8.85. The van der Waals surface area contributed by atoms with E-state index in [0.29, 0.717) is 41.7 Å². The lowest BCUT2D eigenvalue weighted by Crippen LogP contribution is -2.60. The number of hydrogen-bond acceptors (Lipinski definition) is 7. The van der Waals surface area contributed by atoms with Crippen molar-refractivity contribution < 1.29 is 23.6 Å². The van der Waals surface area contributed by atoms with E-state index in [1.165, 1.54) is 6.07 Å². The van der Waals surface area contributed by atoms with Gasteiger partial charge in [0, 0.05) is 76.2 Å². The zero-order valence-electron chi connectivity index (χ0n) is 37.0. The van der Waals surface area contributed by atoms with Gasteiger partial charge in [-0.25, -0.2) is 9.18 Å². The number of anilines is 2. The van der Waals surface area contributed by atoms with Crippen LogP contribution in [0.1, 0.15) is 107 Å². The van der Waals surface area contributed by atoms with Crippen LogP contribution in [0.2, 0.25) is 10.0 Å². The zero-order valence-corrected chi connectivity index (χ0v) is 38.5. The second-order valence-electron chi connectivity index (χ2n) is 18.8. The third kappa shape index (κ3) is 8.39. The fourth-order valence-corrected chi connectivity index (χ4v) is 12.0. The molecule has 4 aliphatic heterocycles. The van der Waals surface area contributed by atoms with Crippen molar-refractivity contribution in [1.82, 2.24) is 25.8 Å². The lowest BCUT2D eigenvalue weighted by molar-refractivity contribution is -0.125. The second kappa shape index (κ2) is 18.7. The van der Waals surface area contributed by atoms with Crippen molar-refractivity contribution in [2.45, 2.75) is 113 Å². The first-order valence-electron chi connectivity index (χ1n) is 23.3. The number of hydrogen-bond donors (Lipinski definition) is 4. The molecule has 9 rings (SSSR count). The van der Waals surface area contributed by atoms with E-state index < -0.39 is 34.8 Å². The van der Waals surface area contributed by atoms with Gasteiger partial charge in [0.15, 0.2) is 0 Å². The summed E-state index contributed by atoms with van der Waals surface area (Å²) in [5.74, 6) is 5.36. The Labute approximate surface area is 390 Å². The van der Waals surface area contributed by atoms with E-state index in [2.05, 4.69) is 56.8 Å². The number of nitrogens with zero attached hydrogens (tertiary/aromatic N) is 3. The Kier molecular flexibility index (Phi) is 13.0. The van der Waals surface area contributed by atoms with Gasteiger partial charge >= 0.3 is 6.03 Å². The minimum absolute atomic E-state index is 0.0468. The summed E-state index contributed by atoms with van der Waals surface area (Å²) in [6, 6.07) is 14.7. The molecular formula is C51H56Cl2FN7O4. The minimum atomic E-state index is -1.27. The molecule has 5 amide bonds. The van der Waals surface area contributed by atoms with Gasteiger partial charge in [-0.3, -0.25) is 34.9 Å². The molecule has 0 unspecified atom stereocenters. The number of carbonyl (C=O) groups excluding carboxylic acids is 4. The topological polar surface area (TPSA) is 136 Å². The van der Waals surface area contributed by atoms with Crippen LogP contribution in [0.5, 0.6) is 0 Å². The Morgan fingerprint density at radius 1 is 0.969 bits per heavy atom. The summed E-state index contributed by atoms with van der Waals surface area (Å²) in [5.41, 5.74) is 1.05. The Bertz CT molecular complexity index is 2580. The predicted molar refractivity (Wildman–Crippen MR) is 253 cm³/mol. The zero-order chi connectivity index (χ0) is 45.5. The summed E-state index contributed by atoms with van der Waals surface area (Å²) in [6.07, 6.45) is 12.1. The molecule has 2 spiro atoms. The normalized spacial score (nSPS) is 24.1. The van der Waals surface area contributed by atoms with Crippen molar-refractivity contribution in [2.24, 2.45) is 11.8 Å². The molecule has 1 saturated carbocycles. The van der Waals surface area contributed by atoms with Crippen LogP contribution in [0.15, 0.2) is 67.0 Å². The highest BCUT2D eigenvalue weighted by molar-refractivity contribution is 6.31. The van der Waals surface area contributed by atoms with Crippen molar-refractivity contribution in [1.29, 1.82) is 0 Å². The molecule has 4 N–H and O–H groups in total. The van der Waals surface area contributed by atoms with Crippen LogP contribution in [0.4, 0.5) is 20.6 Å². The number of benzene rings is 3. The van der Waals surface area contributed by atoms with Crippen LogP contribution >= 0.6 is 23.2 Å². The number of fused-ring (bicyclic) bond motifs is 4. The highest BCUT2D eigenvalue weighted by Crippen LogP contribution is 2.62. The van der Waals surface area contributed by atoms with Crippen molar-refractivity contribution in [3.05, 3.63) is 99.5 Å². The maximum Gasteiger partial charge on any atom is 0.328 e. The van der Waals surface area contributed by atoms with Crippen LogP contribution in [0.3, 0.4) is 0 Å². The van der Waals surface area contributed by atoms with E-state index in [4.69, 9.17) is 23.2 Å². The number of imide groups is 1. The first-order valence-corrected chi connectivity index (χ1v) is 24.0. The average molecular weight is 921 g/mol. The number of halogens is 3. The number of pyridine rings is 1. The van der Waals surface area contributed by atoms with Crippen LogP contribution in [-0.4, -0.2) is 77.4 Å². The van der Waals surface area contributed by atoms with Gasteiger partial charge in [-0.05, 0) is 99.3 Å². The van der Waals surface area contributed by atoms with Crippen molar-refractivity contribution in [3.8, 4) is 11.8 Å². The smallest absolute Gasteiger partial charge is 0.328 e. The number of amides is 5. The minimum Gasteiger partial charge on any atom is -0.352 e. The largest absolute Gasteiger partial charge is 0.352 e. The Morgan fingerprint density at radius 2 is 1.75 bits per heavy atom. The SMILES string of the molecule is CC[C@H](CC[C@@H](C)CN1CCC(C#Cc2cccc3c(N4CCC(=O)NC4=O)cncc23)CC1)NC(=O)[C@@H]1NC2(CCCCC2)[C@@]2(C(=O)Nc3cc(Cl)ccc32)[C@H]1c1cccc(Cl)c1F. The average Bonchev–Trinajstić information content (AvgIpc) is 3.75. The summed E-state index contributed by atoms with van der Waals surface area (Å²) >= 11 is 12.9. The number of carbonyl (C=O) groups is 4. The highest BCUT2D eigenvalue weighted by Gasteiger charge is 2.72. The molecule has 1 aliphatic carbocycles. The molecule has 4 fully saturated rings. The number of rotatable bonds is 10. The van der Waals surface area contributed by atoms with Gasteiger partial charge in [-0.2, -0.15) is 0 Å². The molecule has 3 saturated heterocycles. The van der Waals surface area contributed by atoms with Gasteiger partial charge in [0.2, 0.25) is 17.7 Å². The number of likely N-dealkylation sites (tertiary alicyclic amines) is 1. The van der Waals surface area contributed by atoms with Gasteiger partial charge in [-0.1, -0.05) is 98.5 Å². The molecule has 14 heteroatoms. The molecule has 65 heavy (non-hydrogen) atoms. The maximum absolute atomic E-state index is 16.4. The summed E-state index contributed by atoms with van der Waals surface area (Å²) in [5, 5.41) is 14.8. The third-order valence-corrected chi connectivity index (χ3v) is 15.4. The first-order chi connectivity index (χ1) is 31.4. The fourth-order valence-electron chi connectivity index (χ4n) is 11.6. The molecule has 340 valence electrons. The molecule has 5 atom stereocenters. The van der Waals surface area contributed by atoms with Crippen molar-refractivity contribution in [3.63, 3.8) is 0 Å². The summed E-state index contributed by atoms with van der Waals surface area (Å²) in [6.45, 7) is 7.49. The van der Waals surface area contributed by atoms with Gasteiger partial charge in [0.1, 0.15) is 11.2 Å². The number of piperidine rings is 1. The van der Waals surface area contributed by atoms with Gasteiger partial charge in [-0.15, -0.1) is 0 Å². The highest BCUT2D eigenvalue weighted by atomic mass is 35.5. The molecule has 5 aliphatic rings. The molecule has 0 radical (unpaired) electrons. The van der Waals surface area contributed by atoms with Crippen molar-refractivity contribution >= 4 is 69.1 Å². The van der Waals surface area contributed by atoms with Gasteiger partial charge in [0.25, 0.3) is 0 Å². The molecular weight excluding hydrogens is 865 g/mol. The lowest BCUT2D eigenvalue weighted by atomic mass is 9.55. The Balaban J connectivity index is 0.846. The van der Waals surface area contributed by atoms with Crippen LogP contribution in [0.25, 0.3) is 10.8 Å². The number of urea groups is 1. The monoisotopic (exact) mass is 919 g/mol. The van der Waals surface area contributed by atoms with E-state index >= 15 is 4.39 Å². The third-order valence-electron chi connectivity index (χ3n) is 14.8. The van der Waals surface area contributed by atoms with E-state index in [1.807, 2.05) is 24.3 Å². The molecule has 4 aromatic rings. The number of aromatic nitrogens is 1. The summed E-state index contributed by atoms with van der Waals surface area (Å²) < 4.78 is 16.4. The summed E-state index contributed by atoms with van der Waals surface area (Å²) in [4.78, 5) is 62.4.